The second kappa shape index (κ2) is 70.1. The highest BCUT2D eigenvalue weighted by Gasteiger charge is 2.19. The molecule has 0 rings (SSSR count). The number of hydrogen-bond donors (Lipinski definition) is 0. The van der Waals surface area contributed by atoms with E-state index in [1.54, 1.807) is 0 Å². The van der Waals surface area contributed by atoms with E-state index in [4.69, 9.17) is 14.2 Å². The predicted molar refractivity (Wildman–Crippen MR) is 353 cm³/mol. The molecule has 1 unspecified atom stereocenters. The predicted octanol–water partition coefficient (Wildman–Crippen LogP) is 25.1. The molecule has 476 valence electrons. The van der Waals surface area contributed by atoms with Gasteiger partial charge in [0.25, 0.3) is 0 Å². The average molecular weight is 1140 g/mol. The number of allylic oxidation sites excluding steroid dienone is 6. The molecule has 0 fully saturated rings. The van der Waals surface area contributed by atoms with Crippen molar-refractivity contribution in [1.29, 1.82) is 0 Å². The summed E-state index contributed by atoms with van der Waals surface area (Å²) in [6.07, 6.45) is 87.4. The highest BCUT2D eigenvalue weighted by Crippen LogP contribution is 2.19. The molecule has 0 amide bonds. The van der Waals surface area contributed by atoms with Crippen LogP contribution in [0.3, 0.4) is 0 Å². The normalized spacial score (nSPS) is 12.2. The Balaban J connectivity index is 4.31. The molecule has 0 radical (unpaired) electrons. The number of esters is 3. The molecule has 0 aromatic rings. The van der Waals surface area contributed by atoms with Crippen LogP contribution in [-0.2, 0) is 28.6 Å². The molecular weight excluding hydrogens is 997 g/mol. The van der Waals surface area contributed by atoms with Crippen molar-refractivity contribution in [2.75, 3.05) is 13.2 Å². The van der Waals surface area contributed by atoms with Crippen LogP contribution in [0, 0.1) is 0 Å². The Morgan fingerprint density at radius 2 is 0.444 bits per heavy atom. The zero-order valence-electron chi connectivity index (χ0n) is 54.8. The van der Waals surface area contributed by atoms with E-state index in [-0.39, 0.29) is 31.1 Å². The Bertz CT molecular complexity index is 1350. The number of carbonyl (C=O) groups is 3. The standard InChI is InChI=1S/C75H140O6/c1-4-7-10-13-16-19-22-25-28-31-34-36-37-38-40-41-44-47-50-53-56-59-62-65-68-74(77)80-71-72(70-79-73(76)67-64-61-58-55-52-49-46-43-33-30-27-24-21-18-15-12-9-6-3)81-75(78)69-66-63-60-57-54-51-48-45-42-39-35-32-29-26-23-20-17-14-11-8-5-2/h23,26,32,35,42,45,72H,4-22,24-25,27-31,33-34,36-41,43-44,46-71H2,1-3H3/b26-23-,35-32-,45-42-. The third-order valence-electron chi connectivity index (χ3n) is 16.6. The Hall–Kier alpha value is -2.37. The van der Waals surface area contributed by atoms with Crippen molar-refractivity contribution in [2.45, 2.75) is 412 Å². The van der Waals surface area contributed by atoms with Gasteiger partial charge in [-0.05, 0) is 57.8 Å². The van der Waals surface area contributed by atoms with Gasteiger partial charge >= 0.3 is 17.9 Å². The van der Waals surface area contributed by atoms with E-state index in [9.17, 15) is 14.4 Å². The van der Waals surface area contributed by atoms with Crippen molar-refractivity contribution in [1.82, 2.24) is 0 Å². The van der Waals surface area contributed by atoms with Crippen molar-refractivity contribution >= 4 is 17.9 Å². The summed E-state index contributed by atoms with van der Waals surface area (Å²) in [5.74, 6) is -0.851. The lowest BCUT2D eigenvalue weighted by Crippen LogP contribution is -2.30. The molecule has 0 spiro atoms. The average Bonchev–Trinajstić information content (AvgIpc) is 3.47. The first kappa shape index (κ1) is 78.6. The first-order valence-corrected chi connectivity index (χ1v) is 36.5. The van der Waals surface area contributed by atoms with E-state index in [2.05, 4.69) is 57.2 Å². The fraction of sp³-hybridized carbons (Fsp3) is 0.880. The van der Waals surface area contributed by atoms with Crippen LogP contribution in [0.15, 0.2) is 36.5 Å². The minimum Gasteiger partial charge on any atom is -0.462 e. The van der Waals surface area contributed by atoms with Gasteiger partial charge in [0, 0.05) is 19.3 Å². The van der Waals surface area contributed by atoms with E-state index < -0.39 is 6.10 Å². The van der Waals surface area contributed by atoms with Crippen LogP contribution in [0.5, 0.6) is 0 Å². The van der Waals surface area contributed by atoms with Crippen LogP contribution >= 0.6 is 0 Å². The second-order valence-corrected chi connectivity index (χ2v) is 24.9. The minimum atomic E-state index is -0.778. The summed E-state index contributed by atoms with van der Waals surface area (Å²) in [5, 5.41) is 0. The summed E-state index contributed by atoms with van der Waals surface area (Å²) in [4.78, 5) is 38.5. The first-order chi connectivity index (χ1) is 40.0. The molecule has 1 atom stereocenters. The second-order valence-electron chi connectivity index (χ2n) is 24.9. The molecule has 0 saturated heterocycles. The van der Waals surface area contributed by atoms with Crippen molar-refractivity contribution in [3.05, 3.63) is 36.5 Å². The molecular formula is C75H140O6. The highest BCUT2D eigenvalue weighted by atomic mass is 16.6. The van der Waals surface area contributed by atoms with Crippen molar-refractivity contribution in [3.63, 3.8) is 0 Å². The van der Waals surface area contributed by atoms with Crippen LogP contribution < -0.4 is 0 Å². The third-order valence-corrected chi connectivity index (χ3v) is 16.6. The third kappa shape index (κ3) is 68.3. The molecule has 6 nitrogen and oxygen atoms in total. The molecule has 0 N–H and O–H groups in total. The molecule has 0 aliphatic rings. The van der Waals surface area contributed by atoms with Gasteiger partial charge in [-0.1, -0.05) is 365 Å². The maximum absolute atomic E-state index is 13.0. The van der Waals surface area contributed by atoms with Gasteiger partial charge in [-0.2, -0.15) is 0 Å². The maximum atomic E-state index is 13.0. The van der Waals surface area contributed by atoms with Gasteiger partial charge in [-0.15, -0.1) is 0 Å². The van der Waals surface area contributed by atoms with Crippen molar-refractivity contribution in [2.24, 2.45) is 0 Å². The molecule has 0 bridgehead atoms. The number of carbonyl (C=O) groups excluding carboxylic acids is 3. The number of rotatable bonds is 68. The van der Waals surface area contributed by atoms with Gasteiger partial charge in [0.15, 0.2) is 6.10 Å². The van der Waals surface area contributed by atoms with Crippen molar-refractivity contribution in [3.8, 4) is 0 Å². The van der Waals surface area contributed by atoms with Gasteiger partial charge in [0.1, 0.15) is 13.2 Å². The van der Waals surface area contributed by atoms with E-state index in [1.165, 1.54) is 289 Å². The van der Waals surface area contributed by atoms with Crippen LogP contribution in [-0.4, -0.2) is 37.2 Å². The topological polar surface area (TPSA) is 78.9 Å². The summed E-state index contributed by atoms with van der Waals surface area (Å²) in [7, 11) is 0. The van der Waals surface area contributed by atoms with Crippen LogP contribution in [0.4, 0.5) is 0 Å². The van der Waals surface area contributed by atoms with Gasteiger partial charge in [0.2, 0.25) is 0 Å². The molecule has 81 heavy (non-hydrogen) atoms. The largest absolute Gasteiger partial charge is 0.462 e. The number of hydrogen-bond acceptors (Lipinski definition) is 6. The molecule has 0 aliphatic heterocycles. The zero-order chi connectivity index (χ0) is 58.5. The molecule has 0 aromatic heterocycles. The zero-order valence-corrected chi connectivity index (χ0v) is 54.8. The number of unbranched alkanes of at least 4 members (excludes halogenated alkanes) is 51. The Morgan fingerprint density at radius 1 is 0.247 bits per heavy atom. The summed E-state index contributed by atoms with van der Waals surface area (Å²) in [6, 6.07) is 0. The van der Waals surface area contributed by atoms with E-state index >= 15 is 0 Å². The quantitative estimate of drug-likeness (QED) is 0.0261. The molecule has 0 heterocycles. The van der Waals surface area contributed by atoms with Gasteiger partial charge < -0.3 is 14.2 Å². The molecule has 0 aliphatic carbocycles. The fourth-order valence-electron chi connectivity index (χ4n) is 11.2. The Morgan fingerprint density at radius 3 is 0.691 bits per heavy atom. The van der Waals surface area contributed by atoms with Gasteiger partial charge in [-0.25, -0.2) is 0 Å². The van der Waals surface area contributed by atoms with E-state index in [0.29, 0.717) is 19.3 Å². The minimum absolute atomic E-state index is 0.0716. The molecule has 0 saturated carbocycles. The summed E-state index contributed by atoms with van der Waals surface area (Å²) in [5.41, 5.74) is 0. The molecule has 6 heteroatoms. The summed E-state index contributed by atoms with van der Waals surface area (Å²) >= 11 is 0. The Labute approximate surface area is 506 Å². The van der Waals surface area contributed by atoms with Gasteiger partial charge in [-0.3, -0.25) is 14.4 Å². The summed E-state index contributed by atoms with van der Waals surface area (Å²) in [6.45, 7) is 6.71. The van der Waals surface area contributed by atoms with Gasteiger partial charge in [0.05, 0.1) is 0 Å². The fourth-order valence-corrected chi connectivity index (χ4v) is 11.2. The molecule has 0 aromatic carbocycles. The van der Waals surface area contributed by atoms with Crippen LogP contribution in [0.2, 0.25) is 0 Å². The van der Waals surface area contributed by atoms with Crippen LogP contribution in [0.25, 0.3) is 0 Å². The van der Waals surface area contributed by atoms with E-state index in [1.807, 2.05) is 0 Å². The van der Waals surface area contributed by atoms with Crippen LogP contribution in [0.1, 0.15) is 406 Å². The smallest absolute Gasteiger partial charge is 0.306 e. The van der Waals surface area contributed by atoms with E-state index in [0.717, 1.165) is 77.0 Å². The van der Waals surface area contributed by atoms with Crippen molar-refractivity contribution < 1.29 is 28.6 Å². The Kier molecular flexibility index (Phi) is 68.1. The lowest BCUT2D eigenvalue weighted by Gasteiger charge is -2.18. The SMILES string of the molecule is CCCCCCC/C=C\C/C=C\C/C=C\CCCCCCCCC(=O)OC(COC(=O)CCCCCCCCCCCCCCCCCCCC)COC(=O)CCCCCCCCCCCCCCCCCCCCCCCCCC. The lowest BCUT2D eigenvalue weighted by molar-refractivity contribution is -0.167. The monoisotopic (exact) mass is 1140 g/mol. The number of ether oxygens (including phenoxy) is 3. The first-order valence-electron chi connectivity index (χ1n) is 36.5. The highest BCUT2D eigenvalue weighted by molar-refractivity contribution is 5.71. The maximum Gasteiger partial charge on any atom is 0.306 e. The summed E-state index contributed by atoms with van der Waals surface area (Å²) < 4.78 is 17.0. The lowest BCUT2D eigenvalue weighted by atomic mass is 10.0.